The van der Waals surface area contributed by atoms with E-state index in [1.54, 1.807) is 6.07 Å². The molecule has 0 spiro atoms. The minimum Gasteiger partial charge on any atom is -0.337 e. The first-order valence-corrected chi connectivity index (χ1v) is 9.43. The lowest BCUT2D eigenvalue weighted by molar-refractivity contribution is 0.0654. The fraction of sp³-hybridized carbons (Fsp3) is 0.550. The number of piperidine rings is 1. The Bertz CT molecular complexity index is 863. The van der Waals surface area contributed by atoms with E-state index in [9.17, 15) is 9.59 Å². The predicted molar refractivity (Wildman–Crippen MR) is 110 cm³/mol. The van der Waals surface area contributed by atoms with Crippen molar-refractivity contribution >= 4 is 29.1 Å². The van der Waals surface area contributed by atoms with E-state index in [-0.39, 0.29) is 35.8 Å². The molecule has 3 rings (SSSR count). The number of nitrogens with two attached hydrogens (primary N) is 1. The summed E-state index contributed by atoms with van der Waals surface area (Å²) in [6.07, 6.45) is 1.99. The van der Waals surface area contributed by atoms with Crippen molar-refractivity contribution in [2.45, 2.75) is 46.2 Å². The molecule has 0 aliphatic carbocycles. The van der Waals surface area contributed by atoms with E-state index in [1.807, 2.05) is 43.9 Å². The molecule has 7 heteroatoms. The number of carbonyl (C=O) groups is 1. The van der Waals surface area contributed by atoms with Crippen LogP contribution in [0, 0.1) is 11.8 Å². The molecule has 6 nitrogen and oxygen atoms in total. The van der Waals surface area contributed by atoms with E-state index in [2.05, 4.69) is 5.10 Å². The van der Waals surface area contributed by atoms with Crippen LogP contribution in [-0.2, 0) is 6.54 Å². The minimum atomic E-state index is -0.141. The van der Waals surface area contributed by atoms with Crippen molar-refractivity contribution in [2.75, 3.05) is 13.1 Å². The summed E-state index contributed by atoms with van der Waals surface area (Å²) in [5, 5.41) is 5.65. The second-order valence-corrected chi connectivity index (χ2v) is 7.79. The zero-order chi connectivity index (χ0) is 18.8. The molecule has 1 amide bonds. The molecule has 2 N–H and O–H groups in total. The third kappa shape index (κ3) is 4.50. The Balaban J connectivity index is 0.00000261. The molecule has 1 aromatic heterocycles. The van der Waals surface area contributed by atoms with Crippen molar-refractivity contribution in [3.8, 4) is 0 Å². The van der Waals surface area contributed by atoms with Gasteiger partial charge in [0.15, 0.2) is 5.69 Å². The maximum atomic E-state index is 13.2. The van der Waals surface area contributed by atoms with Gasteiger partial charge in [-0.25, -0.2) is 4.68 Å². The monoisotopic (exact) mass is 392 g/mol. The number of amides is 1. The zero-order valence-corrected chi connectivity index (χ0v) is 17.0. The predicted octanol–water partition coefficient (Wildman–Crippen LogP) is 2.67. The molecule has 2 aromatic rings. The second kappa shape index (κ2) is 8.85. The summed E-state index contributed by atoms with van der Waals surface area (Å²) in [7, 11) is 0. The summed E-state index contributed by atoms with van der Waals surface area (Å²) in [4.78, 5) is 27.8. The van der Waals surface area contributed by atoms with Crippen LogP contribution in [0.5, 0.6) is 0 Å². The Morgan fingerprint density at radius 1 is 1.26 bits per heavy atom. The first kappa shape index (κ1) is 21.4. The molecule has 1 saturated heterocycles. The molecule has 0 saturated carbocycles. The van der Waals surface area contributed by atoms with Crippen LogP contribution in [0.15, 0.2) is 29.1 Å². The molecule has 1 fully saturated rings. The van der Waals surface area contributed by atoms with Crippen LogP contribution in [0.1, 0.15) is 44.1 Å². The highest BCUT2D eigenvalue weighted by atomic mass is 35.5. The summed E-state index contributed by atoms with van der Waals surface area (Å²) >= 11 is 0. The Labute approximate surface area is 166 Å². The zero-order valence-electron chi connectivity index (χ0n) is 16.2. The lowest BCUT2D eigenvalue weighted by Crippen LogP contribution is -2.45. The topological polar surface area (TPSA) is 81.2 Å². The van der Waals surface area contributed by atoms with Crippen LogP contribution in [-0.4, -0.2) is 39.7 Å². The van der Waals surface area contributed by atoms with Gasteiger partial charge in [-0.2, -0.15) is 5.10 Å². The number of carbonyl (C=O) groups excluding carboxylic acids is 1. The molecule has 1 aliphatic heterocycles. The van der Waals surface area contributed by atoms with Crippen molar-refractivity contribution < 1.29 is 4.79 Å². The Morgan fingerprint density at radius 3 is 2.56 bits per heavy atom. The molecule has 148 valence electrons. The SMILES string of the molecule is CC(C)Cn1nc(C(=O)N2CCCC(C(C)N)C2)c2ccccc2c1=O.Cl. The van der Waals surface area contributed by atoms with Crippen molar-refractivity contribution in [2.24, 2.45) is 17.6 Å². The first-order valence-electron chi connectivity index (χ1n) is 9.43. The highest BCUT2D eigenvalue weighted by Gasteiger charge is 2.28. The summed E-state index contributed by atoms with van der Waals surface area (Å²) in [6, 6.07) is 7.31. The summed E-state index contributed by atoms with van der Waals surface area (Å²) < 4.78 is 1.44. The van der Waals surface area contributed by atoms with Crippen LogP contribution in [0.25, 0.3) is 10.8 Å². The number of fused-ring (bicyclic) bond motifs is 1. The number of hydrogen-bond donors (Lipinski definition) is 1. The van der Waals surface area contributed by atoms with E-state index in [4.69, 9.17) is 5.73 Å². The van der Waals surface area contributed by atoms with Crippen molar-refractivity contribution in [3.63, 3.8) is 0 Å². The number of aromatic nitrogens is 2. The molecule has 2 unspecified atom stereocenters. The third-order valence-corrected chi connectivity index (χ3v) is 5.10. The van der Waals surface area contributed by atoms with E-state index in [0.29, 0.717) is 42.0 Å². The van der Waals surface area contributed by atoms with Gasteiger partial charge in [-0.05, 0) is 37.7 Å². The normalized spacial score (nSPS) is 18.4. The minimum absolute atomic E-state index is 0. The van der Waals surface area contributed by atoms with Gasteiger partial charge in [-0.15, -0.1) is 12.4 Å². The smallest absolute Gasteiger partial charge is 0.274 e. The summed E-state index contributed by atoms with van der Waals surface area (Å²) in [6.45, 7) is 7.91. The number of likely N-dealkylation sites (tertiary alicyclic amines) is 1. The summed E-state index contributed by atoms with van der Waals surface area (Å²) in [5.41, 5.74) is 6.28. The molecule has 2 atom stereocenters. The molecule has 2 heterocycles. The van der Waals surface area contributed by atoms with Crippen molar-refractivity contribution in [3.05, 3.63) is 40.3 Å². The van der Waals surface area contributed by atoms with Crippen LogP contribution >= 0.6 is 12.4 Å². The van der Waals surface area contributed by atoms with Gasteiger partial charge in [0.05, 0.1) is 5.39 Å². The molecule has 1 aliphatic rings. The number of halogens is 1. The van der Waals surface area contributed by atoms with Gasteiger partial charge < -0.3 is 10.6 Å². The number of nitrogens with zero attached hydrogens (tertiary/aromatic N) is 3. The number of hydrogen-bond acceptors (Lipinski definition) is 4. The van der Waals surface area contributed by atoms with Gasteiger partial charge in [0.2, 0.25) is 0 Å². The van der Waals surface area contributed by atoms with Gasteiger partial charge >= 0.3 is 0 Å². The lowest BCUT2D eigenvalue weighted by atomic mass is 9.92. The highest BCUT2D eigenvalue weighted by molar-refractivity contribution is 6.04. The van der Waals surface area contributed by atoms with Gasteiger partial charge in [0, 0.05) is 31.1 Å². The maximum absolute atomic E-state index is 13.2. The van der Waals surface area contributed by atoms with Crippen LogP contribution in [0.2, 0.25) is 0 Å². The fourth-order valence-corrected chi connectivity index (χ4v) is 3.64. The van der Waals surface area contributed by atoms with Crippen molar-refractivity contribution in [1.82, 2.24) is 14.7 Å². The van der Waals surface area contributed by atoms with Crippen molar-refractivity contribution in [1.29, 1.82) is 0 Å². The highest BCUT2D eigenvalue weighted by Crippen LogP contribution is 2.22. The number of benzene rings is 1. The van der Waals surface area contributed by atoms with Gasteiger partial charge in [-0.1, -0.05) is 32.0 Å². The van der Waals surface area contributed by atoms with Gasteiger partial charge in [-0.3, -0.25) is 9.59 Å². The van der Waals surface area contributed by atoms with Crippen LogP contribution < -0.4 is 11.3 Å². The second-order valence-electron chi connectivity index (χ2n) is 7.79. The van der Waals surface area contributed by atoms with E-state index < -0.39 is 0 Å². The average molecular weight is 393 g/mol. The molecular formula is C20H29ClN4O2. The Hall–Kier alpha value is -1.92. The molecule has 0 bridgehead atoms. The Morgan fingerprint density at radius 2 is 1.93 bits per heavy atom. The van der Waals surface area contributed by atoms with Gasteiger partial charge in [0.1, 0.15) is 0 Å². The molecule has 1 aromatic carbocycles. The largest absolute Gasteiger partial charge is 0.337 e. The lowest BCUT2D eigenvalue weighted by Gasteiger charge is -2.34. The van der Waals surface area contributed by atoms with Crippen LogP contribution in [0.4, 0.5) is 0 Å². The fourth-order valence-electron chi connectivity index (χ4n) is 3.64. The number of rotatable bonds is 4. The quantitative estimate of drug-likeness (QED) is 0.867. The van der Waals surface area contributed by atoms with Gasteiger partial charge in [0.25, 0.3) is 11.5 Å². The van der Waals surface area contributed by atoms with E-state index in [0.717, 1.165) is 12.8 Å². The molecular weight excluding hydrogens is 364 g/mol. The maximum Gasteiger partial charge on any atom is 0.274 e. The third-order valence-electron chi connectivity index (χ3n) is 5.10. The summed E-state index contributed by atoms with van der Waals surface area (Å²) in [5.74, 6) is 0.464. The molecule has 27 heavy (non-hydrogen) atoms. The molecule has 0 radical (unpaired) electrons. The van der Waals surface area contributed by atoms with Crippen LogP contribution in [0.3, 0.4) is 0 Å². The van der Waals surface area contributed by atoms with E-state index in [1.165, 1.54) is 4.68 Å². The first-order chi connectivity index (χ1) is 12.4. The standard InChI is InChI=1S/C20H28N4O2.ClH/c1-13(2)11-24-19(25)17-9-5-4-8-16(17)18(22-24)20(26)23-10-6-7-15(12-23)14(3)21;/h4-5,8-9,13-15H,6-7,10-12,21H2,1-3H3;1H. The Kier molecular flexibility index (Phi) is 7.00. The van der Waals surface area contributed by atoms with E-state index >= 15 is 0 Å². The average Bonchev–Trinajstić information content (AvgIpc) is 2.63.